The molecule has 3 saturated heterocycles. The van der Waals surface area contributed by atoms with Crippen molar-refractivity contribution in [3.8, 4) is 0 Å². The number of allylic oxidation sites excluding steroid dienone is 1. The van der Waals surface area contributed by atoms with Crippen molar-refractivity contribution in [3.63, 3.8) is 0 Å². The molecule has 4 heteroatoms. The Hall–Kier alpha value is -0.420. The molecular formula is C13H21NO3. The monoisotopic (exact) mass is 239 g/mol. The van der Waals surface area contributed by atoms with E-state index < -0.39 is 11.7 Å². The molecule has 0 saturated carbocycles. The molecule has 0 aliphatic carbocycles. The van der Waals surface area contributed by atoms with Crippen molar-refractivity contribution < 1.29 is 14.9 Å². The van der Waals surface area contributed by atoms with Crippen LogP contribution < -0.4 is 0 Å². The molecule has 96 valence electrons. The second-order valence-electron chi connectivity index (χ2n) is 6.02. The van der Waals surface area contributed by atoms with Gasteiger partial charge in [-0.15, -0.1) is 0 Å². The van der Waals surface area contributed by atoms with E-state index in [0.717, 1.165) is 13.0 Å². The van der Waals surface area contributed by atoms with Crippen LogP contribution in [0, 0.1) is 0 Å². The number of piperidine rings is 1. The van der Waals surface area contributed by atoms with Crippen LogP contribution in [0.3, 0.4) is 0 Å². The number of ether oxygens (including phenoxy) is 1. The fourth-order valence-electron chi connectivity index (χ4n) is 3.50. The van der Waals surface area contributed by atoms with E-state index in [2.05, 4.69) is 11.0 Å². The fourth-order valence-corrected chi connectivity index (χ4v) is 3.50. The zero-order chi connectivity index (χ0) is 12.4. The first-order valence-electron chi connectivity index (χ1n) is 6.39. The van der Waals surface area contributed by atoms with Gasteiger partial charge in [0.2, 0.25) is 0 Å². The number of aliphatic hydroxyl groups excluding tert-OH is 1. The standard InChI is InChI=1S/C13H21NO3/c1-7(2)6-8-12(15)13(3,16)11-10-9(17-10)4-5-14(8)11/h6,8-12,15-16H,4-5H2,1-3H3. The summed E-state index contributed by atoms with van der Waals surface area (Å²) in [5.41, 5.74) is 0.0977. The molecular weight excluding hydrogens is 218 g/mol. The molecule has 0 bridgehead atoms. The Morgan fingerprint density at radius 1 is 1.47 bits per heavy atom. The van der Waals surface area contributed by atoms with Crippen LogP contribution in [-0.4, -0.2) is 57.7 Å². The lowest BCUT2D eigenvalue weighted by Gasteiger charge is -2.33. The highest BCUT2D eigenvalue weighted by Crippen LogP contribution is 2.47. The zero-order valence-corrected chi connectivity index (χ0v) is 10.6. The first-order chi connectivity index (χ1) is 7.93. The van der Waals surface area contributed by atoms with Crippen LogP contribution in [0.2, 0.25) is 0 Å². The van der Waals surface area contributed by atoms with Gasteiger partial charge in [0.25, 0.3) is 0 Å². The molecule has 0 aromatic rings. The van der Waals surface area contributed by atoms with Crippen LogP contribution >= 0.6 is 0 Å². The molecule has 4 nitrogen and oxygen atoms in total. The number of nitrogens with zero attached hydrogens (tertiary/aromatic N) is 1. The van der Waals surface area contributed by atoms with Crippen LogP contribution in [0.4, 0.5) is 0 Å². The molecule has 3 aliphatic rings. The Morgan fingerprint density at radius 3 is 2.82 bits per heavy atom. The molecule has 17 heavy (non-hydrogen) atoms. The fraction of sp³-hybridized carbons (Fsp3) is 0.846. The first-order valence-corrected chi connectivity index (χ1v) is 6.39. The lowest BCUT2D eigenvalue weighted by atomic mass is 9.88. The third-order valence-electron chi connectivity index (χ3n) is 4.37. The van der Waals surface area contributed by atoms with E-state index in [4.69, 9.17) is 4.74 Å². The summed E-state index contributed by atoms with van der Waals surface area (Å²) in [4.78, 5) is 2.21. The number of fused-ring (bicyclic) bond motifs is 3. The molecule has 3 rings (SSSR count). The predicted molar refractivity (Wildman–Crippen MR) is 63.6 cm³/mol. The smallest absolute Gasteiger partial charge is 0.108 e. The molecule has 0 aromatic carbocycles. The number of hydrogen-bond donors (Lipinski definition) is 2. The highest BCUT2D eigenvalue weighted by molar-refractivity contribution is 5.23. The van der Waals surface area contributed by atoms with Crippen molar-refractivity contribution in [1.82, 2.24) is 4.90 Å². The Kier molecular flexibility index (Phi) is 2.43. The van der Waals surface area contributed by atoms with E-state index in [1.807, 2.05) is 13.8 Å². The zero-order valence-electron chi connectivity index (χ0n) is 10.6. The highest BCUT2D eigenvalue weighted by atomic mass is 16.6. The van der Waals surface area contributed by atoms with Crippen molar-refractivity contribution >= 4 is 0 Å². The lowest BCUT2D eigenvalue weighted by molar-refractivity contribution is -0.0587. The Labute approximate surface area is 102 Å². The lowest BCUT2D eigenvalue weighted by Crippen LogP contribution is -2.52. The van der Waals surface area contributed by atoms with E-state index in [1.165, 1.54) is 5.57 Å². The average molecular weight is 239 g/mol. The summed E-state index contributed by atoms with van der Waals surface area (Å²) in [5.74, 6) is 0. The summed E-state index contributed by atoms with van der Waals surface area (Å²) >= 11 is 0. The maximum atomic E-state index is 10.5. The van der Waals surface area contributed by atoms with Gasteiger partial charge in [0.15, 0.2) is 0 Å². The van der Waals surface area contributed by atoms with Crippen LogP contribution in [0.25, 0.3) is 0 Å². The summed E-state index contributed by atoms with van der Waals surface area (Å²) < 4.78 is 5.60. The van der Waals surface area contributed by atoms with Gasteiger partial charge in [-0.25, -0.2) is 0 Å². The maximum Gasteiger partial charge on any atom is 0.108 e. The van der Waals surface area contributed by atoms with Gasteiger partial charge in [0, 0.05) is 6.54 Å². The predicted octanol–water partition coefficient (Wildman–Crippen LogP) is 0.288. The third kappa shape index (κ3) is 1.58. The van der Waals surface area contributed by atoms with Crippen molar-refractivity contribution in [2.75, 3.05) is 6.54 Å². The minimum absolute atomic E-state index is 0.0585. The van der Waals surface area contributed by atoms with Gasteiger partial charge in [0.1, 0.15) is 17.8 Å². The van der Waals surface area contributed by atoms with Crippen LogP contribution in [0.5, 0.6) is 0 Å². The summed E-state index contributed by atoms with van der Waals surface area (Å²) in [6, 6.07) is -0.137. The number of rotatable bonds is 1. The molecule has 0 amide bonds. The molecule has 6 unspecified atom stereocenters. The van der Waals surface area contributed by atoms with Crippen LogP contribution in [0.1, 0.15) is 27.2 Å². The summed E-state index contributed by atoms with van der Waals surface area (Å²) in [6.07, 6.45) is 2.76. The SMILES string of the molecule is CC(C)=CC1C(O)C(C)(O)C2C3OC3CCN12. The second-order valence-corrected chi connectivity index (χ2v) is 6.02. The van der Waals surface area contributed by atoms with Gasteiger partial charge < -0.3 is 14.9 Å². The van der Waals surface area contributed by atoms with E-state index in [-0.39, 0.29) is 18.2 Å². The van der Waals surface area contributed by atoms with Crippen molar-refractivity contribution in [2.24, 2.45) is 0 Å². The Morgan fingerprint density at radius 2 is 2.18 bits per heavy atom. The van der Waals surface area contributed by atoms with Gasteiger partial charge >= 0.3 is 0 Å². The molecule has 3 aliphatic heterocycles. The van der Waals surface area contributed by atoms with Gasteiger partial charge in [-0.2, -0.15) is 0 Å². The second kappa shape index (κ2) is 3.54. The Bertz CT molecular complexity index is 362. The number of epoxide rings is 1. The minimum atomic E-state index is -1.07. The number of aliphatic hydroxyl groups is 2. The van der Waals surface area contributed by atoms with Crippen molar-refractivity contribution in [3.05, 3.63) is 11.6 Å². The third-order valence-corrected chi connectivity index (χ3v) is 4.37. The average Bonchev–Trinajstić information content (AvgIpc) is 2.98. The molecule has 2 N–H and O–H groups in total. The first kappa shape index (κ1) is 11.7. The van der Waals surface area contributed by atoms with Gasteiger partial charge in [-0.05, 0) is 27.2 Å². The summed E-state index contributed by atoms with van der Waals surface area (Å²) in [5, 5.41) is 20.9. The molecule has 0 aromatic heterocycles. The summed E-state index contributed by atoms with van der Waals surface area (Å²) in [7, 11) is 0. The van der Waals surface area contributed by atoms with Gasteiger partial charge in [-0.1, -0.05) is 11.6 Å². The van der Waals surface area contributed by atoms with Crippen LogP contribution in [0.15, 0.2) is 11.6 Å². The largest absolute Gasteiger partial charge is 0.388 e. The van der Waals surface area contributed by atoms with E-state index in [9.17, 15) is 10.2 Å². The Balaban J connectivity index is 1.94. The van der Waals surface area contributed by atoms with E-state index in [1.54, 1.807) is 6.92 Å². The van der Waals surface area contributed by atoms with Crippen molar-refractivity contribution in [2.45, 2.75) is 63.2 Å². The normalized spacial score (nSPS) is 52.9. The minimum Gasteiger partial charge on any atom is -0.388 e. The molecule has 0 spiro atoms. The molecule has 0 radical (unpaired) electrons. The topological polar surface area (TPSA) is 56.2 Å². The van der Waals surface area contributed by atoms with Crippen molar-refractivity contribution in [1.29, 1.82) is 0 Å². The van der Waals surface area contributed by atoms with E-state index in [0.29, 0.717) is 6.10 Å². The van der Waals surface area contributed by atoms with Crippen LogP contribution in [-0.2, 0) is 4.74 Å². The van der Waals surface area contributed by atoms with Gasteiger partial charge in [-0.3, -0.25) is 4.90 Å². The van der Waals surface area contributed by atoms with E-state index >= 15 is 0 Å². The molecule has 3 heterocycles. The highest BCUT2D eigenvalue weighted by Gasteiger charge is 2.65. The number of hydrogen-bond acceptors (Lipinski definition) is 4. The molecule has 6 atom stereocenters. The molecule has 3 fully saturated rings. The maximum absolute atomic E-state index is 10.5. The quantitative estimate of drug-likeness (QED) is 0.510. The van der Waals surface area contributed by atoms with Gasteiger partial charge in [0.05, 0.1) is 18.2 Å². The summed E-state index contributed by atoms with van der Waals surface area (Å²) in [6.45, 7) is 6.68.